The number of aromatic nitrogens is 2. The maximum Gasteiger partial charge on any atom is 0.204 e. The smallest absolute Gasteiger partial charge is 0.204 e. The van der Waals surface area contributed by atoms with Crippen molar-refractivity contribution in [2.24, 2.45) is 0 Å². The highest BCUT2D eigenvalue weighted by atomic mass is 79.9. The second-order valence-electron chi connectivity index (χ2n) is 5.44. The van der Waals surface area contributed by atoms with Crippen molar-refractivity contribution in [1.29, 1.82) is 0 Å². The van der Waals surface area contributed by atoms with Gasteiger partial charge in [0.25, 0.3) is 0 Å². The molecule has 0 radical (unpaired) electrons. The number of aliphatic hydroxyl groups excluding tert-OH is 1. The number of para-hydroxylation sites is 2. The van der Waals surface area contributed by atoms with Crippen molar-refractivity contribution in [3.63, 3.8) is 0 Å². The van der Waals surface area contributed by atoms with Crippen LogP contribution in [-0.2, 0) is 6.54 Å². The van der Waals surface area contributed by atoms with Crippen LogP contribution in [0, 0.1) is 0 Å². The van der Waals surface area contributed by atoms with Crippen LogP contribution in [0.5, 0.6) is 0 Å². The van der Waals surface area contributed by atoms with E-state index in [9.17, 15) is 4.79 Å². The third-order valence-electron chi connectivity index (χ3n) is 3.74. The molecule has 3 aromatic rings. The summed E-state index contributed by atoms with van der Waals surface area (Å²) in [6.45, 7) is 0.932. The van der Waals surface area contributed by atoms with Crippen LogP contribution in [0.2, 0.25) is 0 Å². The molecule has 132 valence electrons. The minimum absolute atomic E-state index is 0. The Kier molecular flexibility index (Phi) is 7.16. The molecule has 0 unspecified atom stereocenters. The van der Waals surface area contributed by atoms with Crippen LogP contribution in [0.4, 0.5) is 5.95 Å². The highest BCUT2D eigenvalue weighted by Crippen LogP contribution is 2.21. The van der Waals surface area contributed by atoms with Crippen LogP contribution >= 0.6 is 15.9 Å². The lowest BCUT2D eigenvalue weighted by atomic mass is 10.1. The quantitative estimate of drug-likeness (QED) is 0.392. The Bertz CT molecular complexity index is 847. The number of nitrogens with zero attached hydrogens (tertiary/aromatic N) is 2. The van der Waals surface area contributed by atoms with E-state index in [0.717, 1.165) is 15.5 Å². The Hall–Kier alpha value is -1.70. The fourth-order valence-corrected chi connectivity index (χ4v) is 2.78. The molecule has 0 amide bonds. The second-order valence-corrected chi connectivity index (χ2v) is 6.36. The minimum atomic E-state index is 0. The predicted molar refractivity (Wildman–Crippen MR) is 98.4 cm³/mol. The highest BCUT2D eigenvalue weighted by Gasteiger charge is 2.14. The third kappa shape index (κ3) is 4.68. The number of Topliss-reactive ketones (excluding diaryl/α,β-unsaturated/α-hetero) is 1. The third-order valence-corrected chi connectivity index (χ3v) is 4.27. The number of fused-ring (bicyclic) bond motifs is 1. The zero-order chi connectivity index (χ0) is 16.9. The topological polar surface area (TPSA) is 67.2 Å². The average Bonchev–Trinajstić information content (AvgIpc) is 2.93. The van der Waals surface area contributed by atoms with Gasteiger partial charge >= 0.3 is 0 Å². The number of carbonyl (C=O) groups excluding carboxylic acids is 1. The van der Waals surface area contributed by atoms with Crippen molar-refractivity contribution >= 4 is 38.7 Å². The van der Waals surface area contributed by atoms with Gasteiger partial charge in [0.05, 0.1) is 17.6 Å². The van der Waals surface area contributed by atoms with Gasteiger partial charge in [-0.3, -0.25) is 4.79 Å². The van der Waals surface area contributed by atoms with Gasteiger partial charge in [-0.15, -0.1) is 0 Å². The molecule has 2 aromatic carbocycles. The zero-order valence-corrected chi connectivity index (χ0v) is 16.6. The van der Waals surface area contributed by atoms with E-state index in [2.05, 4.69) is 26.2 Å². The van der Waals surface area contributed by atoms with Crippen LogP contribution in [0.3, 0.4) is 0 Å². The lowest BCUT2D eigenvalue weighted by Gasteiger charge is -2.10. The summed E-state index contributed by atoms with van der Waals surface area (Å²) in [5.41, 5.74) is 2.42. The molecule has 0 aliphatic carbocycles. The number of imidazole rings is 1. The van der Waals surface area contributed by atoms with Crippen molar-refractivity contribution in [3.8, 4) is 0 Å². The first-order valence-electron chi connectivity index (χ1n) is 7.78. The van der Waals surface area contributed by atoms with Gasteiger partial charge in [-0.25, -0.2) is 4.98 Å². The SMILES string of the molecule is O=C(Cn1c(NCCCO)nc2ccccc21)c1ccc(Br)cc1.[Br-]. The van der Waals surface area contributed by atoms with Crippen LogP contribution in [0.15, 0.2) is 53.0 Å². The van der Waals surface area contributed by atoms with E-state index in [1.165, 1.54) is 0 Å². The van der Waals surface area contributed by atoms with Gasteiger partial charge in [0.2, 0.25) is 5.95 Å². The first kappa shape index (κ1) is 19.6. The molecule has 0 fully saturated rings. The molecule has 1 aromatic heterocycles. The number of anilines is 1. The summed E-state index contributed by atoms with van der Waals surface area (Å²) in [5, 5.41) is 12.1. The number of ketones is 1. The van der Waals surface area contributed by atoms with E-state index in [1.54, 1.807) is 0 Å². The Morgan fingerprint density at radius 3 is 2.60 bits per heavy atom. The molecule has 0 aliphatic rings. The number of benzene rings is 2. The van der Waals surface area contributed by atoms with E-state index in [0.29, 0.717) is 24.5 Å². The zero-order valence-electron chi connectivity index (χ0n) is 13.5. The molecule has 2 N–H and O–H groups in total. The van der Waals surface area contributed by atoms with Gasteiger partial charge in [0.15, 0.2) is 5.78 Å². The van der Waals surface area contributed by atoms with E-state index >= 15 is 0 Å². The number of hydrogen-bond acceptors (Lipinski definition) is 4. The molecular formula is C18H18Br2N3O2-. The average molecular weight is 468 g/mol. The lowest BCUT2D eigenvalue weighted by Crippen LogP contribution is -3.00. The lowest BCUT2D eigenvalue weighted by molar-refractivity contribution is -0.0000137. The highest BCUT2D eigenvalue weighted by molar-refractivity contribution is 9.10. The maximum absolute atomic E-state index is 12.6. The summed E-state index contributed by atoms with van der Waals surface area (Å²) in [4.78, 5) is 17.2. The summed E-state index contributed by atoms with van der Waals surface area (Å²) in [6.07, 6.45) is 0.629. The molecule has 0 spiro atoms. The number of rotatable bonds is 7. The molecule has 7 heteroatoms. The number of halogens is 2. The Labute approximate surface area is 165 Å². The molecule has 0 atom stereocenters. The minimum Gasteiger partial charge on any atom is -1.00 e. The number of carbonyl (C=O) groups is 1. The van der Waals surface area contributed by atoms with E-state index in [1.807, 2.05) is 53.1 Å². The Morgan fingerprint density at radius 1 is 1.16 bits per heavy atom. The second kappa shape index (κ2) is 9.12. The summed E-state index contributed by atoms with van der Waals surface area (Å²) in [7, 11) is 0. The molecule has 0 aliphatic heterocycles. The van der Waals surface area contributed by atoms with Crippen molar-refractivity contribution in [2.45, 2.75) is 13.0 Å². The molecule has 0 saturated carbocycles. The Balaban J connectivity index is 0.00000225. The molecule has 1 heterocycles. The van der Waals surface area contributed by atoms with Crippen molar-refractivity contribution in [1.82, 2.24) is 9.55 Å². The number of aliphatic hydroxyl groups is 1. The normalized spacial score (nSPS) is 10.5. The first-order chi connectivity index (χ1) is 11.7. The first-order valence-corrected chi connectivity index (χ1v) is 8.57. The largest absolute Gasteiger partial charge is 1.00 e. The van der Waals surface area contributed by atoms with Crippen LogP contribution in [0.1, 0.15) is 16.8 Å². The van der Waals surface area contributed by atoms with Crippen molar-refractivity contribution < 1.29 is 26.9 Å². The summed E-state index contributed by atoms with van der Waals surface area (Å²) >= 11 is 3.38. The summed E-state index contributed by atoms with van der Waals surface area (Å²) < 4.78 is 2.83. The van der Waals surface area contributed by atoms with E-state index < -0.39 is 0 Å². The van der Waals surface area contributed by atoms with Gasteiger partial charge < -0.3 is 32.0 Å². The maximum atomic E-state index is 12.6. The van der Waals surface area contributed by atoms with Gasteiger partial charge in [0.1, 0.15) is 0 Å². The molecule has 3 rings (SSSR count). The molecule has 0 saturated heterocycles. The van der Waals surface area contributed by atoms with Gasteiger partial charge in [-0.05, 0) is 30.7 Å². The van der Waals surface area contributed by atoms with E-state index in [4.69, 9.17) is 5.11 Å². The Morgan fingerprint density at radius 2 is 1.88 bits per heavy atom. The standard InChI is InChI=1S/C18H18BrN3O2.BrH/c19-14-8-6-13(7-9-14)17(24)12-22-16-5-2-1-4-15(16)21-18(22)20-10-3-11-23;/h1-2,4-9,23H,3,10-12H2,(H,20,21);1H/p-1. The monoisotopic (exact) mass is 466 g/mol. The van der Waals surface area contributed by atoms with Crippen molar-refractivity contribution in [3.05, 3.63) is 58.6 Å². The summed E-state index contributed by atoms with van der Waals surface area (Å²) in [5.74, 6) is 0.672. The molecule has 5 nitrogen and oxygen atoms in total. The van der Waals surface area contributed by atoms with Crippen LogP contribution in [0.25, 0.3) is 11.0 Å². The number of hydrogen-bond donors (Lipinski definition) is 2. The molecular weight excluding hydrogens is 450 g/mol. The van der Waals surface area contributed by atoms with Crippen molar-refractivity contribution in [2.75, 3.05) is 18.5 Å². The predicted octanol–water partition coefficient (Wildman–Crippen LogP) is 0.480. The van der Waals surface area contributed by atoms with Crippen LogP contribution in [-0.4, -0.2) is 33.6 Å². The van der Waals surface area contributed by atoms with Gasteiger partial charge in [-0.2, -0.15) is 0 Å². The molecule has 25 heavy (non-hydrogen) atoms. The fourth-order valence-electron chi connectivity index (χ4n) is 2.52. The molecule has 0 bridgehead atoms. The van der Waals surface area contributed by atoms with Crippen LogP contribution < -0.4 is 22.3 Å². The number of nitrogens with one attached hydrogen (secondary N) is 1. The van der Waals surface area contributed by atoms with Gasteiger partial charge in [0, 0.05) is 23.2 Å². The fraction of sp³-hybridized carbons (Fsp3) is 0.222. The van der Waals surface area contributed by atoms with Gasteiger partial charge in [-0.1, -0.05) is 40.2 Å². The summed E-state index contributed by atoms with van der Waals surface area (Å²) in [6, 6.07) is 15.1. The van der Waals surface area contributed by atoms with E-state index in [-0.39, 0.29) is 35.9 Å².